The van der Waals surface area contributed by atoms with E-state index in [-0.39, 0.29) is 6.54 Å². The molecule has 0 aromatic carbocycles. The molecule has 0 aromatic rings. The molecule has 0 radical (unpaired) electrons. The van der Waals surface area contributed by atoms with Crippen LogP contribution in [0.25, 0.3) is 0 Å². The molecule has 0 bridgehead atoms. The Morgan fingerprint density at radius 2 is 1.60 bits per heavy atom. The van der Waals surface area contributed by atoms with Crippen LogP contribution in [-0.4, -0.2) is 49.3 Å². The van der Waals surface area contributed by atoms with Crippen LogP contribution in [0.15, 0.2) is 0 Å². The molecule has 0 rings (SSSR count). The lowest BCUT2D eigenvalue weighted by Crippen LogP contribution is -2.46. The average Bonchev–Trinajstić information content (AvgIpc) is 2.36. The van der Waals surface area contributed by atoms with Crippen molar-refractivity contribution in [2.75, 3.05) is 32.1 Å². The Bertz CT molecular complexity index is 379. The lowest BCUT2D eigenvalue weighted by molar-refractivity contribution is 0.0709. The van der Waals surface area contributed by atoms with Crippen LogP contribution in [0.2, 0.25) is 6.04 Å². The summed E-state index contributed by atoms with van der Waals surface area (Å²) in [4.78, 5) is 0. The fourth-order valence-electron chi connectivity index (χ4n) is 1.67. The molecule has 0 saturated heterocycles. The molecule has 0 unspecified atom stereocenters. The normalized spacial score (nSPS) is 12.3. The van der Waals surface area contributed by atoms with Crippen molar-refractivity contribution in [2.45, 2.75) is 33.2 Å². The van der Waals surface area contributed by atoms with Gasteiger partial charge in [0.2, 0.25) is 10.0 Å². The standard InChI is InChI=1S/C11H24N2O5SSi/c1-4-16-20(17-5-2,18-6-3)11-7-9-13-19(14,15)10-8-12/h13H,4-7,9-11H2,1-3H3. The molecular formula is C11H24N2O5SSi. The van der Waals surface area contributed by atoms with E-state index in [1.807, 2.05) is 20.8 Å². The van der Waals surface area contributed by atoms with Gasteiger partial charge in [-0.1, -0.05) is 0 Å². The molecule has 20 heavy (non-hydrogen) atoms. The number of nitriles is 1. The zero-order valence-corrected chi connectivity index (χ0v) is 14.2. The van der Waals surface area contributed by atoms with Crippen LogP contribution < -0.4 is 4.72 Å². The van der Waals surface area contributed by atoms with Crippen LogP contribution in [-0.2, 0) is 23.3 Å². The monoisotopic (exact) mass is 324 g/mol. The molecule has 0 aromatic heterocycles. The van der Waals surface area contributed by atoms with Gasteiger partial charge in [-0.2, -0.15) is 5.26 Å². The maximum absolute atomic E-state index is 11.3. The van der Waals surface area contributed by atoms with Crippen molar-refractivity contribution in [1.29, 1.82) is 5.26 Å². The third kappa shape index (κ3) is 7.93. The zero-order chi connectivity index (χ0) is 15.5. The minimum Gasteiger partial charge on any atom is -0.374 e. The van der Waals surface area contributed by atoms with Crippen LogP contribution in [0.3, 0.4) is 0 Å². The SMILES string of the molecule is CCO[Si](CCCNS(=O)(=O)CC#N)(OCC)OCC. The second-order valence-corrected chi connectivity index (χ2v) is 8.44. The van der Waals surface area contributed by atoms with E-state index in [2.05, 4.69) is 4.72 Å². The van der Waals surface area contributed by atoms with Crippen LogP contribution in [0.1, 0.15) is 27.2 Å². The first-order valence-corrected chi connectivity index (χ1v) is 10.3. The van der Waals surface area contributed by atoms with Gasteiger partial charge >= 0.3 is 8.80 Å². The number of nitrogens with zero attached hydrogens (tertiary/aromatic N) is 1. The fraction of sp³-hybridized carbons (Fsp3) is 0.909. The molecule has 0 spiro atoms. The molecule has 0 atom stereocenters. The first-order chi connectivity index (χ1) is 9.45. The molecule has 0 saturated carbocycles. The van der Waals surface area contributed by atoms with Crippen LogP contribution in [0.4, 0.5) is 0 Å². The predicted molar refractivity (Wildman–Crippen MR) is 77.5 cm³/mol. The van der Waals surface area contributed by atoms with E-state index >= 15 is 0 Å². The van der Waals surface area contributed by atoms with E-state index in [4.69, 9.17) is 18.5 Å². The quantitative estimate of drug-likeness (QED) is 0.422. The summed E-state index contributed by atoms with van der Waals surface area (Å²) in [5.74, 6) is -0.530. The summed E-state index contributed by atoms with van der Waals surface area (Å²) in [5, 5.41) is 8.38. The largest absolute Gasteiger partial charge is 0.500 e. The predicted octanol–water partition coefficient (Wildman–Crippen LogP) is 0.868. The van der Waals surface area contributed by atoms with E-state index in [0.29, 0.717) is 32.3 Å². The Hall–Kier alpha value is -0.503. The highest BCUT2D eigenvalue weighted by atomic mass is 32.2. The van der Waals surface area contributed by atoms with Crippen LogP contribution >= 0.6 is 0 Å². The first kappa shape index (κ1) is 19.5. The van der Waals surface area contributed by atoms with Gasteiger partial charge in [0.1, 0.15) is 0 Å². The molecule has 0 aliphatic rings. The van der Waals surface area contributed by atoms with E-state index < -0.39 is 24.6 Å². The average molecular weight is 324 g/mol. The zero-order valence-electron chi connectivity index (χ0n) is 12.3. The number of rotatable bonds is 12. The van der Waals surface area contributed by atoms with Crippen molar-refractivity contribution in [1.82, 2.24) is 4.72 Å². The van der Waals surface area contributed by atoms with E-state index in [9.17, 15) is 8.42 Å². The highest BCUT2D eigenvalue weighted by Gasteiger charge is 2.39. The van der Waals surface area contributed by atoms with Crippen molar-refractivity contribution in [3.63, 3.8) is 0 Å². The Morgan fingerprint density at radius 3 is 2.00 bits per heavy atom. The van der Waals surface area contributed by atoms with E-state index in [0.717, 1.165) is 0 Å². The Morgan fingerprint density at radius 1 is 1.10 bits per heavy atom. The fourth-order valence-corrected chi connectivity index (χ4v) is 5.01. The number of nitrogens with one attached hydrogen (secondary N) is 1. The van der Waals surface area contributed by atoms with Gasteiger partial charge in [-0.05, 0) is 27.2 Å². The minimum atomic E-state index is -3.50. The molecule has 0 aliphatic carbocycles. The van der Waals surface area contributed by atoms with Gasteiger partial charge < -0.3 is 13.3 Å². The van der Waals surface area contributed by atoms with Crippen LogP contribution in [0.5, 0.6) is 0 Å². The summed E-state index contributed by atoms with van der Waals surface area (Å²) in [7, 11) is -6.21. The van der Waals surface area contributed by atoms with Crippen molar-refractivity contribution in [2.24, 2.45) is 0 Å². The van der Waals surface area contributed by atoms with Crippen molar-refractivity contribution in [3.05, 3.63) is 0 Å². The summed E-state index contributed by atoms with van der Waals surface area (Å²) >= 11 is 0. The van der Waals surface area contributed by atoms with Crippen LogP contribution in [0, 0.1) is 11.3 Å². The lowest BCUT2D eigenvalue weighted by atomic mass is 10.5. The maximum atomic E-state index is 11.3. The third-order valence-corrected chi connectivity index (χ3v) is 6.63. The first-order valence-electron chi connectivity index (χ1n) is 6.71. The summed E-state index contributed by atoms with van der Waals surface area (Å²) in [6, 6.07) is 2.15. The molecule has 0 amide bonds. The molecular weight excluding hydrogens is 300 g/mol. The molecule has 118 valence electrons. The van der Waals surface area contributed by atoms with Crippen molar-refractivity contribution in [3.8, 4) is 6.07 Å². The van der Waals surface area contributed by atoms with Crippen molar-refractivity contribution < 1.29 is 21.7 Å². The number of sulfonamides is 1. The minimum absolute atomic E-state index is 0.242. The van der Waals surface area contributed by atoms with E-state index in [1.54, 1.807) is 6.07 Å². The van der Waals surface area contributed by atoms with Gasteiger partial charge in [0.05, 0.1) is 6.07 Å². The van der Waals surface area contributed by atoms with Gasteiger partial charge in [-0.25, -0.2) is 13.1 Å². The molecule has 1 N–H and O–H groups in total. The maximum Gasteiger partial charge on any atom is 0.500 e. The Labute approximate surface area is 122 Å². The van der Waals surface area contributed by atoms with Crippen molar-refractivity contribution >= 4 is 18.8 Å². The topological polar surface area (TPSA) is 97.7 Å². The molecule has 7 nitrogen and oxygen atoms in total. The van der Waals surface area contributed by atoms with Gasteiger partial charge in [-0.15, -0.1) is 0 Å². The molecule has 9 heteroatoms. The Kier molecular flexibility index (Phi) is 10.00. The third-order valence-electron chi connectivity index (χ3n) is 2.33. The summed E-state index contributed by atoms with van der Waals surface area (Å²) in [6.07, 6.45) is 0.539. The highest BCUT2D eigenvalue weighted by Crippen LogP contribution is 2.17. The number of hydrogen-bond acceptors (Lipinski definition) is 6. The van der Waals surface area contributed by atoms with Gasteiger partial charge in [0, 0.05) is 32.4 Å². The van der Waals surface area contributed by atoms with Gasteiger partial charge in [0.15, 0.2) is 5.75 Å². The molecule has 0 aliphatic heterocycles. The summed E-state index contributed by atoms with van der Waals surface area (Å²) < 4.78 is 42.0. The van der Waals surface area contributed by atoms with Gasteiger partial charge in [-0.3, -0.25) is 0 Å². The lowest BCUT2D eigenvalue weighted by Gasteiger charge is -2.28. The van der Waals surface area contributed by atoms with E-state index in [1.165, 1.54) is 0 Å². The summed E-state index contributed by atoms with van der Waals surface area (Å²) in [5.41, 5.74) is 0. The Balaban J connectivity index is 4.36. The number of hydrogen-bond donors (Lipinski definition) is 1. The smallest absolute Gasteiger partial charge is 0.374 e. The molecule has 0 heterocycles. The highest BCUT2D eigenvalue weighted by molar-refractivity contribution is 7.89. The van der Waals surface area contributed by atoms with Gasteiger partial charge in [0.25, 0.3) is 0 Å². The molecule has 0 fully saturated rings. The second-order valence-electron chi connectivity index (χ2n) is 3.90. The second kappa shape index (κ2) is 10.3. The summed E-state index contributed by atoms with van der Waals surface area (Å²) in [6.45, 7) is 7.33.